The van der Waals surface area contributed by atoms with E-state index in [0.717, 1.165) is 0 Å². The molecule has 31 heteroatoms. The maximum absolute atomic E-state index is 7.34. The van der Waals surface area contributed by atoms with E-state index in [4.69, 9.17) is 238 Å². The van der Waals surface area contributed by atoms with Gasteiger partial charge in [0.15, 0.2) is 0 Å². The third kappa shape index (κ3) is 8.31. The van der Waals surface area contributed by atoms with Crippen LogP contribution in [0.1, 0.15) is 34.3 Å². The Balaban J connectivity index is 1.36. The van der Waals surface area contributed by atoms with E-state index < -0.39 is 24.4 Å². The van der Waals surface area contributed by atoms with Gasteiger partial charge in [-0.3, -0.25) is 4.90 Å². The fourth-order valence-electron chi connectivity index (χ4n) is 11.0. The Bertz CT molecular complexity index is 4150. The van der Waals surface area contributed by atoms with Crippen molar-refractivity contribution in [3.63, 3.8) is 0 Å². The lowest BCUT2D eigenvalue weighted by atomic mass is 9.57. The van der Waals surface area contributed by atoms with Crippen molar-refractivity contribution in [1.82, 2.24) is 4.90 Å². The van der Waals surface area contributed by atoms with Crippen LogP contribution in [0.15, 0.2) is 37.3 Å². The van der Waals surface area contributed by atoms with E-state index in [1.54, 1.807) is 4.90 Å². The van der Waals surface area contributed by atoms with Crippen molar-refractivity contribution in [2.45, 2.75) is 17.9 Å². The monoisotopic (exact) mass is 931 g/mol. The molecular formula is C48H6B29NO. The van der Waals surface area contributed by atoms with Crippen LogP contribution in [0.2, 0.25) is 0 Å². The lowest BCUT2D eigenvalue weighted by molar-refractivity contribution is 0.148. The van der Waals surface area contributed by atoms with Gasteiger partial charge < -0.3 is 4.42 Å². The molecule has 0 fully saturated rings. The zero-order valence-electron chi connectivity index (χ0n) is 42.1. The summed E-state index contributed by atoms with van der Waals surface area (Å²) in [6.07, 6.45) is 6.01. The van der Waals surface area contributed by atoms with Gasteiger partial charge in [-0.15, -0.1) is 72.0 Å². The van der Waals surface area contributed by atoms with Crippen LogP contribution < -0.4 is 120 Å². The number of benzene rings is 6. The molecule has 2 nitrogen and oxygen atoms in total. The van der Waals surface area contributed by atoms with Crippen LogP contribution in [0.3, 0.4) is 0 Å². The molecule has 79 heavy (non-hydrogen) atoms. The lowest BCUT2D eigenvalue weighted by Gasteiger charge is -2.47. The summed E-state index contributed by atoms with van der Waals surface area (Å²) < 4.78 is 6.80. The van der Waals surface area contributed by atoms with Crippen molar-refractivity contribution >= 4 is 391 Å². The second kappa shape index (κ2) is 20.9. The zero-order chi connectivity index (χ0) is 58.7. The number of hydrogen-bond donors (Lipinski definition) is 0. The molecule has 3 atom stereocenters. The van der Waals surface area contributed by atoms with Crippen molar-refractivity contribution in [2.24, 2.45) is 0 Å². The van der Waals surface area contributed by atoms with Crippen molar-refractivity contribution in [1.29, 1.82) is 0 Å². The molecule has 0 saturated carbocycles. The number of terminal acetylenes is 1. The molecule has 296 valence electrons. The lowest BCUT2D eigenvalue weighted by Crippen LogP contribution is -2.56. The average molecular weight is 926 g/mol. The van der Waals surface area contributed by atoms with Gasteiger partial charge >= 0.3 is 0 Å². The number of rotatable bonds is 8. The highest BCUT2D eigenvalue weighted by Crippen LogP contribution is 2.55. The van der Waals surface area contributed by atoms with Crippen LogP contribution in [0.25, 0.3) is 54.8 Å². The molecule has 0 bridgehead atoms. The van der Waals surface area contributed by atoms with Gasteiger partial charge in [-0.1, -0.05) is 87.9 Å². The van der Waals surface area contributed by atoms with Gasteiger partial charge in [0, 0.05) is 23.5 Å². The summed E-state index contributed by atoms with van der Waals surface area (Å²) >= 11 is 0. The molecular weight excluding hydrogens is 920 g/mol. The minimum Gasteiger partial charge on any atom is -0.459 e. The molecule has 9 rings (SSSR count). The largest absolute Gasteiger partial charge is 0.459 e. The van der Waals surface area contributed by atoms with Crippen LogP contribution >= 0.6 is 0 Å². The standard InChI is InChI=1S/C48H6B29NO/c1-2-4(49)6(7-8-11(23(56)34(67)19(7)52)25(58)39(72)37(70)21(8)54)18(51)5(50)3-78(45-32(65)13(29(62)44(45)77)10-9-12(24(57)35(68)20(10)53)26(59)40(73)38(71)22(9)55)46-33(66)17-16-31(64)36(69)30(63)15(47(16)79-48(17)46)14-27(60)41(74)43(76)42(75)28(14)61/h1,33,45-46H,3H2/b6-4+,18-5-. The van der Waals surface area contributed by atoms with E-state index in [1.165, 1.54) is 0 Å². The molecule has 1 heterocycles. The summed E-state index contributed by atoms with van der Waals surface area (Å²) in [7, 11) is 194. The summed E-state index contributed by atoms with van der Waals surface area (Å²) in [5.41, 5.74) is -3.34. The smallest absolute Gasteiger partial charge is 0.141 e. The number of allylic oxidation sites excluding steroid dienone is 5. The normalized spacial score (nSPS) is 16.9. The number of fused-ring (bicyclic) bond motifs is 5. The van der Waals surface area contributed by atoms with E-state index in [0.29, 0.717) is 5.56 Å². The second-order valence-electron chi connectivity index (χ2n) is 19.3. The Kier molecular flexibility index (Phi) is 15.7. The third-order valence-electron chi connectivity index (χ3n) is 15.3. The first kappa shape index (κ1) is 59.4. The van der Waals surface area contributed by atoms with E-state index in [9.17, 15) is 0 Å². The van der Waals surface area contributed by atoms with E-state index >= 15 is 0 Å². The fourth-order valence-corrected chi connectivity index (χ4v) is 11.0. The van der Waals surface area contributed by atoms with Gasteiger partial charge in [0.05, 0.1) is 13.9 Å². The Hall–Kier alpha value is -4.26. The first-order valence-corrected chi connectivity index (χ1v) is 23.3. The molecule has 3 unspecified atom stereocenters. The van der Waals surface area contributed by atoms with E-state index in [2.05, 4.69) is 5.92 Å². The molecule has 0 saturated heterocycles. The Morgan fingerprint density at radius 2 is 0.810 bits per heavy atom. The maximum atomic E-state index is 7.34. The van der Waals surface area contributed by atoms with Crippen LogP contribution in [-0.2, 0) is 0 Å². The second-order valence-corrected chi connectivity index (χ2v) is 19.3. The van der Waals surface area contributed by atoms with Crippen molar-refractivity contribution < 1.29 is 4.42 Å². The summed E-state index contributed by atoms with van der Waals surface area (Å²) in [5, 5.41) is 0.480. The van der Waals surface area contributed by atoms with E-state index in [1.807, 2.05) is 0 Å². The Labute approximate surface area is 500 Å². The average Bonchev–Trinajstić information content (AvgIpc) is 3.89. The highest BCUT2D eigenvalue weighted by atomic mass is 16.3. The zero-order valence-corrected chi connectivity index (χ0v) is 42.1. The Morgan fingerprint density at radius 1 is 0.430 bits per heavy atom. The minimum atomic E-state index is -1.35. The van der Waals surface area contributed by atoms with Gasteiger partial charge in [-0.05, 0) is 66.2 Å². The predicted octanol–water partition coefficient (Wildman–Crippen LogP) is -18.3. The van der Waals surface area contributed by atoms with Crippen molar-refractivity contribution in [3.8, 4) is 23.5 Å². The minimum absolute atomic E-state index is 0.00403. The topological polar surface area (TPSA) is 16.4 Å². The molecule has 6 aromatic carbocycles. The molecule has 7 aromatic rings. The van der Waals surface area contributed by atoms with Crippen LogP contribution in [0.4, 0.5) is 0 Å². The maximum Gasteiger partial charge on any atom is 0.141 e. The first-order valence-electron chi connectivity index (χ1n) is 23.3. The number of hydrogen-bond acceptors (Lipinski definition) is 2. The van der Waals surface area contributed by atoms with Gasteiger partial charge in [-0.2, -0.15) is 0 Å². The Morgan fingerprint density at radius 3 is 1.30 bits per heavy atom. The highest BCUT2D eigenvalue weighted by Gasteiger charge is 2.48. The molecule has 0 amide bonds. The van der Waals surface area contributed by atoms with Gasteiger partial charge in [0.2, 0.25) is 0 Å². The molecule has 2 aliphatic carbocycles. The quantitative estimate of drug-likeness (QED) is 0.0858. The van der Waals surface area contributed by atoms with Crippen LogP contribution in [-0.4, -0.2) is 245 Å². The molecule has 2 aliphatic rings. The van der Waals surface area contributed by atoms with Crippen LogP contribution in [0, 0.1) is 12.3 Å². The summed E-state index contributed by atoms with van der Waals surface area (Å²) in [5.74, 6) is 1.41. The molecule has 0 aliphatic heterocycles. The molecule has 0 N–H and O–H groups in total. The van der Waals surface area contributed by atoms with Gasteiger partial charge in [-0.25, -0.2) is 0 Å². The van der Waals surface area contributed by atoms with Gasteiger partial charge in [0.25, 0.3) is 0 Å². The highest BCUT2D eigenvalue weighted by molar-refractivity contribution is 6.75. The summed E-state index contributed by atoms with van der Waals surface area (Å²) in [6, 6.07) is -2.50. The summed E-state index contributed by atoms with van der Waals surface area (Å²) in [4.78, 5) is 1.60. The number of furan rings is 1. The molecule has 1 aromatic heterocycles. The molecule has 0 spiro atoms. The fraction of sp³-hybridized carbons (Fsp3) is 0.0833. The van der Waals surface area contributed by atoms with Crippen molar-refractivity contribution in [2.75, 3.05) is 6.54 Å². The van der Waals surface area contributed by atoms with Gasteiger partial charge in [0.1, 0.15) is 231 Å². The molecule has 58 radical (unpaired) electrons. The summed E-state index contributed by atoms with van der Waals surface area (Å²) in [6.45, 7) is -0.486. The van der Waals surface area contributed by atoms with Crippen molar-refractivity contribution in [3.05, 3.63) is 55.3 Å². The first-order chi connectivity index (χ1) is 36.8. The van der Waals surface area contributed by atoms with E-state index in [-0.39, 0.29) is 225 Å². The van der Waals surface area contributed by atoms with Crippen LogP contribution in [0.5, 0.6) is 0 Å². The SMILES string of the molecule is [B]C1=C([B])C(N(C/C([B])=C([B])\C(=C(\[B])C#C)c2c([B])c([B])c([B])c3c([B])c([B])c([B])c([B])c23)C2c3oc4c(-c5c([B])c([B])c([B])c([B])c5[B])c([B])c([B])c([B])c4c3C2[B])C([B])=C1c1c([B])c([B])c([B])c2c([B])c([B])c([B])c([B])c12. The third-order valence-corrected chi connectivity index (χ3v) is 15.3. The number of nitrogens with zero attached hydrogens (tertiary/aromatic N) is 1. The predicted molar refractivity (Wildman–Crippen MR) is 361 cm³/mol.